The van der Waals surface area contributed by atoms with E-state index in [1.165, 1.54) is 46.1 Å². The smallest absolute Gasteiger partial charge is 0.349 e. The van der Waals surface area contributed by atoms with Crippen LogP contribution in [0.15, 0.2) is 87.1 Å². The second kappa shape index (κ2) is 16.1. The van der Waals surface area contributed by atoms with Gasteiger partial charge in [-0.05, 0) is 104 Å². The lowest BCUT2D eigenvalue weighted by molar-refractivity contribution is -0.169. The van der Waals surface area contributed by atoms with Crippen LogP contribution in [0.1, 0.15) is 59.1 Å². The number of aryl methyl sites for hydroxylation is 1. The average Bonchev–Trinajstić information content (AvgIpc) is 3.95. The number of hydrogen-bond donors (Lipinski definition) is 5. The number of pyridine rings is 1. The van der Waals surface area contributed by atoms with E-state index in [1.54, 1.807) is 24.3 Å². The fourth-order valence-electron chi connectivity index (χ4n) is 7.23. The lowest BCUT2D eigenvalue weighted by atomic mass is 9.91. The number of carbonyl (C=O) groups is 1. The lowest BCUT2D eigenvalue weighted by Crippen LogP contribution is -2.42. The summed E-state index contributed by atoms with van der Waals surface area (Å²) in [5.41, 5.74) is 0.633. The van der Waals surface area contributed by atoms with E-state index in [1.807, 2.05) is 45.7 Å². The highest BCUT2D eigenvalue weighted by molar-refractivity contribution is 7.16. The van der Waals surface area contributed by atoms with Crippen molar-refractivity contribution >= 4 is 61.1 Å². The van der Waals surface area contributed by atoms with Gasteiger partial charge in [-0.2, -0.15) is 0 Å². The van der Waals surface area contributed by atoms with Gasteiger partial charge in [-0.3, -0.25) is 14.2 Å². The first kappa shape index (κ1) is 37.2. The first-order valence-corrected chi connectivity index (χ1v) is 20.3. The van der Waals surface area contributed by atoms with Crippen LogP contribution in [0.25, 0.3) is 21.1 Å². The van der Waals surface area contributed by atoms with E-state index >= 15 is 0 Å². The topological polar surface area (TPSA) is 157 Å². The van der Waals surface area contributed by atoms with Gasteiger partial charge in [0.15, 0.2) is 0 Å². The molecule has 0 bridgehead atoms. The van der Waals surface area contributed by atoms with Crippen LogP contribution in [-0.2, 0) is 28.2 Å². The highest BCUT2D eigenvalue weighted by Crippen LogP contribution is 2.38. The molecule has 0 spiro atoms. The van der Waals surface area contributed by atoms with E-state index in [4.69, 9.17) is 4.74 Å². The van der Waals surface area contributed by atoms with Crippen molar-refractivity contribution in [2.75, 3.05) is 20.1 Å². The Morgan fingerprint density at radius 3 is 2.47 bits per heavy atom. The third-order valence-corrected chi connectivity index (χ3v) is 13.1. The summed E-state index contributed by atoms with van der Waals surface area (Å²) in [6.07, 6.45) is 2.87. The molecule has 0 saturated heterocycles. The molecule has 11 nitrogen and oxygen atoms in total. The molecule has 4 heterocycles. The number of aromatic hydroxyl groups is 1. The third-order valence-electron chi connectivity index (χ3n) is 10.1. The number of aliphatic hydroxyl groups excluding tert-OH is 1. The van der Waals surface area contributed by atoms with Crippen molar-refractivity contribution < 1.29 is 24.9 Å². The van der Waals surface area contributed by atoms with E-state index in [2.05, 4.69) is 22.2 Å². The number of phenolic OH excluding ortho intramolecular Hbond substituents is 1. The zero-order chi connectivity index (χ0) is 37.1. The molecule has 14 heteroatoms. The Labute approximate surface area is 317 Å². The molecule has 0 unspecified atom stereocenters. The van der Waals surface area contributed by atoms with Crippen LogP contribution in [-0.4, -0.2) is 68.0 Å². The van der Waals surface area contributed by atoms with Crippen molar-refractivity contribution in [1.82, 2.24) is 19.8 Å². The van der Waals surface area contributed by atoms with E-state index in [0.717, 1.165) is 54.4 Å². The SMILES string of the molecule is CN(CCCn1c(=O)sc2ccc(CNC[C@H](O)c3ccc(O)c4[nH]c(=O)ccc34)cc21)C1CCC(OC(=O)C(O)(c2cccs2)c2cccs2)CC1. The molecule has 4 aromatic heterocycles. The molecule has 0 radical (unpaired) electrons. The third kappa shape index (κ3) is 7.90. The number of ether oxygens (including phenoxy) is 1. The molecular formula is C39H42N4O7S3. The number of thiazole rings is 1. The van der Waals surface area contributed by atoms with Crippen LogP contribution in [0.3, 0.4) is 0 Å². The Morgan fingerprint density at radius 1 is 1.04 bits per heavy atom. The van der Waals surface area contributed by atoms with Gasteiger partial charge in [-0.25, -0.2) is 4.79 Å². The van der Waals surface area contributed by atoms with Crippen molar-refractivity contribution in [1.29, 1.82) is 0 Å². The van der Waals surface area contributed by atoms with E-state index in [-0.39, 0.29) is 28.8 Å². The number of aromatic nitrogens is 2. The first-order chi connectivity index (χ1) is 25.6. The van der Waals surface area contributed by atoms with Gasteiger partial charge < -0.3 is 35.3 Å². The van der Waals surface area contributed by atoms with Gasteiger partial charge in [0, 0.05) is 37.1 Å². The largest absolute Gasteiger partial charge is 0.506 e. The van der Waals surface area contributed by atoms with Gasteiger partial charge in [0.2, 0.25) is 11.2 Å². The zero-order valence-corrected chi connectivity index (χ0v) is 31.6. The molecule has 0 aliphatic heterocycles. The molecule has 5 N–H and O–H groups in total. The van der Waals surface area contributed by atoms with Gasteiger partial charge in [0.05, 0.1) is 31.6 Å². The van der Waals surface area contributed by atoms with Crippen molar-refractivity contribution in [3.8, 4) is 5.75 Å². The first-order valence-electron chi connectivity index (χ1n) is 17.7. The van der Waals surface area contributed by atoms with Crippen LogP contribution in [0.2, 0.25) is 0 Å². The molecule has 1 aliphatic carbocycles. The Balaban J connectivity index is 0.900. The molecule has 7 rings (SSSR count). The number of phenols is 1. The van der Waals surface area contributed by atoms with Crippen molar-refractivity contribution in [3.05, 3.63) is 118 Å². The molecular weight excluding hydrogens is 733 g/mol. The predicted octanol–water partition coefficient (Wildman–Crippen LogP) is 5.67. The monoisotopic (exact) mass is 774 g/mol. The molecule has 6 aromatic rings. The number of aromatic amines is 1. The maximum Gasteiger partial charge on any atom is 0.349 e. The van der Waals surface area contributed by atoms with Crippen LogP contribution < -0.4 is 15.7 Å². The summed E-state index contributed by atoms with van der Waals surface area (Å²) < 4.78 is 8.71. The minimum atomic E-state index is -1.80. The normalized spacial score (nSPS) is 17.1. The molecule has 53 heavy (non-hydrogen) atoms. The number of nitrogens with zero attached hydrogens (tertiary/aromatic N) is 2. The fraction of sp³-hybridized carbons (Fsp3) is 0.359. The van der Waals surface area contributed by atoms with Crippen molar-refractivity contribution in [3.63, 3.8) is 0 Å². The van der Waals surface area contributed by atoms with Gasteiger partial charge in [-0.15, -0.1) is 22.7 Å². The number of carbonyl (C=O) groups excluding carboxylic acids is 1. The number of esters is 1. The highest BCUT2D eigenvalue weighted by Gasteiger charge is 2.45. The standard InChI is InChI=1S/C39H42N4O7S3/c1-42(25-8-10-26(11-9-25)50-37(47)39(49,33-5-2-19-51-33)34-6-3-20-52-34)17-4-18-43-29-21-24(7-15-32(29)53-38(43)48)22-40-23-31(45)27-12-14-30(44)36-28(27)13-16-35(46)41-36/h2-3,5-7,12-16,19-21,25-26,31,40,44-45,49H,4,8-11,17-18,22-23H2,1H3,(H,41,46)/t25?,26?,31-/m0/s1. The molecule has 0 amide bonds. The molecule has 1 atom stereocenters. The van der Waals surface area contributed by atoms with E-state index in [9.17, 15) is 29.7 Å². The Hall–Kier alpha value is -4.15. The van der Waals surface area contributed by atoms with Gasteiger partial charge >= 0.3 is 10.8 Å². The summed E-state index contributed by atoms with van der Waals surface area (Å²) in [4.78, 5) is 44.2. The number of nitrogens with one attached hydrogen (secondary N) is 2. The number of fused-ring (bicyclic) bond motifs is 2. The van der Waals surface area contributed by atoms with E-state index in [0.29, 0.717) is 45.4 Å². The lowest BCUT2D eigenvalue weighted by Gasteiger charge is -2.35. The van der Waals surface area contributed by atoms with E-state index < -0.39 is 17.7 Å². The predicted molar refractivity (Wildman–Crippen MR) is 210 cm³/mol. The molecule has 1 saturated carbocycles. The van der Waals surface area contributed by atoms with Crippen LogP contribution >= 0.6 is 34.0 Å². The van der Waals surface area contributed by atoms with Gasteiger partial charge in [0.25, 0.3) is 0 Å². The van der Waals surface area contributed by atoms with Crippen LogP contribution in [0.5, 0.6) is 5.75 Å². The summed E-state index contributed by atoms with van der Waals surface area (Å²) in [5.74, 6) is -0.673. The summed E-state index contributed by atoms with van der Waals surface area (Å²) in [6, 6.07) is 19.6. The zero-order valence-electron chi connectivity index (χ0n) is 29.2. The quantitative estimate of drug-likeness (QED) is 0.0881. The molecule has 1 aliphatic rings. The number of hydrogen-bond acceptors (Lipinski definition) is 12. The molecule has 278 valence electrons. The number of thiophene rings is 2. The molecule has 1 fully saturated rings. The Kier molecular flexibility index (Phi) is 11.3. The maximum absolute atomic E-state index is 13.4. The van der Waals surface area contributed by atoms with Crippen LogP contribution in [0.4, 0.5) is 0 Å². The summed E-state index contributed by atoms with van der Waals surface area (Å²) in [6.45, 7) is 2.13. The minimum absolute atomic E-state index is 0.00724. The fourth-order valence-corrected chi connectivity index (χ4v) is 9.85. The summed E-state index contributed by atoms with van der Waals surface area (Å²) in [7, 11) is 2.11. The number of H-pyrrole nitrogens is 1. The highest BCUT2D eigenvalue weighted by atomic mass is 32.1. The number of rotatable bonds is 14. The second-order valence-corrected chi connectivity index (χ2v) is 16.5. The maximum atomic E-state index is 13.4. The van der Waals surface area contributed by atoms with Gasteiger partial charge in [0.1, 0.15) is 11.9 Å². The van der Waals surface area contributed by atoms with Crippen LogP contribution in [0, 0.1) is 0 Å². The van der Waals surface area contributed by atoms with Gasteiger partial charge in [-0.1, -0.05) is 35.6 Å². The van der Waals surface area contributed by atoms with Crippen molar-refractivity contribution in [2.45, 2.75) is 69.0 Å². The molecule has 2 aromatic carbocycles. The Morgan fingerprint density at radius 2 is 1.77 bits per heavy atom. The van der Waals surface area contributed by atoms with Crippen molar-refractivity contribution in [2.24, 2.45) is 0 Å². The average molecular weight is 775 g/mol. The minimum Gasteiger partial charge on any atom is -0.506 e. The number of aliphatic hydroxyl groups is 2. The second-order valence-electron chi connectivity index (χ2n) is 13.6. The summed E-state index contributed by atoms with van der Waals surface area (Å²) in [5, 5.41) is 40.2. The summed E-state index contributed by atoms with van der Waals surface area (Å²) >= 11 is 3.92. The number of benzene rings is 2. The Bertz CT molecular complexity index is 2260.